The first-order chi connectivity index (χ1) is 8.29. The molecule has 0 bridgehead atoms. The highest BCUT2D eigenvalue weighted by Gasteiger charge is 2.06. The lowest BCUT2D eigenvalue weighted by Crippen LogP contribution is -2.10. The van der Waals surface area contributed by atoms with Gasteiger partial charge in [0.15, 0.2) is 0 Å². The maximum Gasteiger partial charge on any atom is 0.142 e. The molecular weight excluding hydrogens is 238 g/mol. The van der Waals surface area contributed by atoms with Crippen LogP contribution in [0, 0.1) is 0 Å². The van der Waals surface area contributed by atoms with Crippen LogP contribution in [0.4, 0.5) is 0 Å². The lowest BCUT2D eigenvalue weighted by atomic mass is 10.2. The summed E-state index contributed by atoms with van der Waals surface area (Å²) in [5.41, 5.74) is 6.54. The van der Waals surface area contributed by atoms with Crippen LogP contribution in [0.15, 0.2) is 18.2 Å². The maximum absolute atomic E-state index is 6.05. The van der Waals surface area contributed by atoms with Crippen LogP contribution in [0.2, 0.25) is 5.02 Å². The van der Waals surface area contributed by atoms with Gasteiger partial charge in [-0.2, -0.15) is 0 Å². The number of ether oxygens (including phenoxy) is 2. The zero-order valence-electron chi connectivity index (χ0n) is 10.2. The minimum Gasteiger partial charge on any atom is -0.489 e. The van der Waals surface area contributed by atoms with Crippen molar-refractivity contribution in [3.8, 4) is 5.75 Å². The van der Waals surface area contributed by atoms with E-state index < -0.39 is 0 Å². The topological polar surface area (TPSA) is 44.5 Å². The van der Waals surface area contributed by atoms with E-state index in [-0.39, 0.29) is 0 Å². The molecule has 0 aliphatic rings. The lowest BCUT2D eigenvalue weighted by Gasteiger charge is -2.12. The fraction of sp³-hybridized carbons (Fsp3) is 0.538. The van der Waals surface area contributed by atoms with Crippen molar-refractivity contribution >= 4 is 11.6 Å². The van der Waals surface area contributed by atoms with Gasteiger partial charge in [-0.3, -0.25) is 0 Å². The zero-order chi connectivity index (χ0) is 12.5. The van der Waals surface area contributed by atoms with E-state index in [1.165, 1.54) is 0 Å². The number of halogens is 1. The minimum absolute atomic E-state index is 0.423. The SMILES string of the molecule is CCCCOCCOc1c(Cl)cccc1CN. The third-order valence-electron chi connectivity index (χ3n) is 2.38. The Balaban J connectivity index is 2.35. The number of para-hydroxylation sites is 1. The van der Waals surface area contributed by atoms with E-state index >= 15 is 0 Å². The van der Waals surface area contributed by atoms with Crippen LogP contribution < -0.4 is 10.5 Å². The summed E-state index contributed by atoms with van der Waals surface area (Å²) in [7, 11) is 0. The van der Waals surface area contributed by atoms with Crippen LogP contribution in [0.5, 0.6) is 5.75 Å². The van der Waals surface area contributed by atoms with Crippen molar-refractivity contribution in [2.24, 2.45) is 5.73 Å². The number of unbranched alkanes of at least 4 members (excludes halogenated alkanes) is 1. The molecule has 0 aliphatic heterocycles. The Morgan fingerprint density at radius 2 is 2.06 bits per heavy atom. The molecule has 0 spiro atoms. The van der Waals surface area contributed by atoms with E-state index in [2.05, 4.69) is 6.92 Å². The first-order valence-corrected chi connectivity index (χ1v) is 6.35. The molecule has 1 rings (SSSR count). The van der Waals surface area contributed by atoms with Gasteiger partial charge in [0.1, 0.15) is 12.4 Å². The predicted molar refractivity (Wildman–Crippen MR) is 70.6 cm³/mol. The second-order valence-electron chi connectivity index (χ2n) is 3.75. The molecule has 0 radical (unpaired) electrons. The smallest absolute Gasteiger partial charge is 0.142 e. The number of nitrogens with two attached hydrogens (primary N) is 1. The van der Waals surface area contributed by atoms with Gasteiger partial charge < -0.3 is 15.2 Å². The Hall–Kier alpha value is -0.770. The summed E-state index contributed by atoms with van der Waals surface area (Å²) in [4.78, 5) is 0. The van der Waals surface area contributed by atoms with Crippen LogP contribution in [-0.2, 0) is 11.3 Å². The zero-order valence-corrected chi connectivity index (χ0v) is 11.0. The monoisotopic (exact) mass is 257 g/mol. The highest BCUT2D eigenvalue weighted by atomic mass is 35.5. The average Bonchev–Trinajstić information content (AvgIpc) is 2.35. The van der Waals surface area contributed by atoms with Crippen molar-refractivity contribution < 1.29 is 9.47 Å². The van der Waals surface area contributed by atoms with E-state index in [0.717, 1.165) is 25.0 Å². The second-order valence-corrected chi connectivity index (χ2v) is 4.15. The normalized spacial score (nSPS) is 10.5. The first-order valence-electron chi connectivity index (χ1n) is 5.97. The van der Waals surface area contributed by atoms with E-state index in [0.29, 0.717) is 30.5 Å². The van der Waals surface area contributed by atoms with E-state index in [9.17, 15) is 0 Å². The van der Waals surface area contributed by atoms with E-state index in [4.69, 9.17) is 26.8 Å². The van der Waals surface area contributed by atoms with Crippen LogP contribution in [-0.4, -0.2) is 19.8 Å². The van der Waals surface area contributed by atoms with Crippen molar-refractivity contribution in [1.29, 1.82) is 0 Å². The number of hydrogen-bond acceptors (Lipinski definition) is 3. The summed E-state index contributed by atoms with van der Waals surface area (Å²) in [6.45, 7) is 4.42. The second kappa shape index (κ2) is 8.34. The van der Waals surface area contributed by atoms with Gasteiger partial charge in [-0.25, -0.2) is 0 Å². The molecule has 0 saturated heterocycles. The molecule has 1 aromatic rings. The first kappa shape index (κ1) is 14.3. The Kier molecular flexibility index (Phi) is 7.01. The summed E-state index contributed by atoms with van der Waals surface area (Å²) in [6.07, 6.45) is 2.23. The van der Waals surface area contributed by atoms with Crippen LogP contribution in [0.3, 0.4) is 0 Å². The van der Waals surface area contributed by atoms with Gasteiger partial charge in [0.2, 0.25) is 0 Å². The number of benzene rings is 1. The van der Waals surface area contributed by atoms with Crippen molar-refractivity contribution in [2.45, 2.75) is 26.3 Å². The van der Waals surface area contributed by atoms with Crippen molar-refractivity contribution in [3.05, 3.63) is 28.8 Å². The summed E-state index contributed by atoms with van der Waals surface area (Å²) in [5.74, 6) is 0.677. The molecule has 0 heterocycles. The van der Waals surface area contributed by atoms with Crippen molar-refractivity contribution in [1.82, 2.24) is 0 Å². The van der Waals surface area contributed by atoms with Crippen molar-refractivity contribution in [3.63, 3.8) is 0 Å². The summed E-state index contributed by atoms with van der Waals surface area (Å²) < 4.78 is 11.0. The molecule has 96 valence electrons. The van der Waals surface area contributed by atoms with Gasteiger partial charge in [-0.1, -0.05) is 37.1 Å². The molecule has 0 aliphatic carbocycles. The fourth-order valence-corrected chi connectivity index (χ4v) is 1.68. The Morgan fingerprint density at radius 3 is 2.76 bits per heavy atom. The van der Waals surface area contributed by atoms with Gasteiger partial charge in [-0.05, 0) is 12.5 Å². The highest BCUT2D eigenvalue weighted by Crippen LogP contribution is 2.28. The molecule has 3 nitrogen and oxygen atoms in total. The van der Waals surface area contributed by atoms with Crippen LogP contribution >= 0.6 is 11.6 Å². The molecule has 2 N–H and O–H groups in total. The van der Waals surface area contributed by atoms with Crippen LogP contribution in [0.1, 0.15) is 25.3 Å². The van der Waals surface area contributed by atoms with Gasteiger partial charge in [-0.15, -0.1) is 0 Å². The molecule has 1 aromatic carbocycles. The maximum atomic E-state index is 6.05. The molecule has 0 atom stereocenters. The quantitative estimate of drug-likeness (QED) is 0.728. The van der Waals surface area contributed by atoms with Crippen LogP contribution in [0.25, 0.3) is 0 Å². The third kappa shape index (κ3) is 4.94. The summed E-state index contributed by atoms with van der Waals surface area (Å²) in [6, 6.07) is 5.59. The average molecular weight is 258 g/mol. The predicted octanol–water partition coefficient (Wildman–Crippen LogP) is 2.99. The van der Waals surface area contributed by atoms with E-state index in [1.54, 1.807) is 6.07 Å². The summed E-state index contributed by atoms with van der Waals surface area (Å²) >= 11 is 6.05. The minimum atomic E-state index is 0.423. The van der Waals surface area contributed by atoms with E-state index in [1.807, 2.05) is 12.1 Å². The Bertz CT molecular complexity index is 331. The highest BCUT2D eigenvalue weighted by molar-refractivity contribution is 6.32. The summed E-state index contributed by atoms with van der Waals surface area (Å²) in [5, 5.41) is 0.599. The molecule has 0 saturated carbocycles. The van der Waals surface area contributed by atoms with Gasteiger partial charge >= 0.3 is 0 Å². The van der Waals surface area contributed by atoms with Gasteiger partial charge in [0, 0.05) is 18.7 Å². The molecule has 0 fully saturated rings. The molecule has 0 aromatic heterocycles. The molecule has 0 amide bonds. The molecule has 0 unspecified atom stereocenters. The molecule has 17 heavy (non-hydrogen) atoms. The molecule has 4 heteroatoms. The van der Waals surface area contributed by atoms with Crippen molar-refractivity contribution in [2.75, 3.05) is 19.8 Å². The standard InChI is InChI=1S/C13H20ClNO2/c1-2-3-7-16-8-9-17-13-11(10-15)5-4-6-12(13)14/h4-6H,2-3,7-10,15H2,1H3. The largest absolute Gasteiger partial charge is 0.489 e. The Morgan fingerprint density at radius 1 is 1.24 bits per heavy atom. The van der Waals surface area contributed by atoms with Gasteiger partial charge in [0.25, 0.3) is 0 Å². The van der Waals surface area contributed by atoms with Gasteiger partial charge in [0.05, 0.1) is 11.6 Å². The lowest BCUT2D eigenvalue weighted by molar-refractivity contribution is 0.0978. The third-order valence-corrected chi connectivity index (χ3v) is 2.68. The molecular formula is C13H20ClNO2. The Labute approximate surface area is 108 Å². The number of hydrogen-bond donors (Lipinski definition) is 1. The number of rotatable bonds is 8. The fourth-order valence-electron chi connectivity index (χ4n) is 1.43.